The number of hydrogen-bond donors (Lipinski definition) is 0. The molecule has 1 aromatic rings. The van der Waals surface area contributed by atoms with E-state index in [1.165, 1.54) is 55.6 Å². The van der Waals surface area contributed by atoms with Crippen LogP contribution in [0, 0.1) is 0 Å². The monoisotopic (exact) mass is 411 g/mol. The molecule has 0 amide bonds. The maximum absolute atomic E-state index is 13.1. The summed E-state index contributed by atoms with van der Waals surface area (Å²) >= 11 is 3.43. The summed E-state index contributed by atoms with van der Waals surface area (Å²) in [4.78, 5) is 14.1. The van der Waals surface area contributed by atoms with E-state index in [1.807, 2.05) is 30.3 Å². The van der Waals surface area contributed by atoms with Crippen molar-refractivity contribution in [1.29, 1.82) is 0 Å². The summed E-state index contributed by atoms with van der Waals surface area (Å²) < 4.78 is 1.18. The molecule has 4 heteroatoms. The molecule has 1 nitrogen and oxygen atoms in total. The number of carbonyl (C=O) groups is 1. The molecule has 0 aliphatic carbocycles. The Morgan fingerprint density at radius 2 is 1.42 bits per heavy atom. The molecule has 0 aliphatic heterocycles. The van der Waals surface area contributed by atoms with Gasteiger partial charge >= 0.3 is 0 Å². The van der Waals surface area contributed by atoms with Crippen LogP contribution < -0.4 is 0 Å². The van der Waals surface area contributed by atoms with Crippen LogP contribution in [-0.2, 0) is 10.9 Å². The summed E-state index contributed by atoms with van der Waals surface area (Å²) in [5.41, 5.74) is 0.818. The minimum atomic E-state index is 0.00995. The zero-order valence-electron chi connectivity index (χ0n) is 16.9. The first-order chi connectivity index (χ1) is 12.7. The first-order valence-corrected chi connectivity index (χ1v) is 13.9. The minimum Gasteiger partial charge on any atom is -0.284 e. The van der Waals surface area contributed by atoms with Crippen molar-refractivity contribution < 1.29 is 4.79 Å². The van der Waals surface area contributed by atoms with Crippen LogP contribution in [0.2, 0.25) is 0 Å². The normalized spacial score (nSPS) is 12.0. The van der Waals surface area contributed by atoms with E-state index in [9.17, 15) is 4.79 Å². The van der Waals surface area contributed by atoms with Gasteiger partial charge in [0.25, 0.3) is 0 Å². The predicted octanol–water partition coefficient (Wildman–Crippen LogP) is 7.15. The van der Waals surface area contributed by atoms with E-state index < -0.39 is 0 Å². The third kappa shape index (κ3) is 8.58. The van der Waals surface area contributed by atoms with E-state index in [0.29, 0.717) is 0 Å². The molecule has 1 atom stereocenters. The van der Waals surface area contributed by atoms with Crippen LogP contribution in [-0.4, -0.2) is 30.3 Å². The smallest absolute Gasteiger partial charge is 0.242 e. The van der Waals surface area contributed by atoms with Crippen molar-refractivity contribution in [3.63, 3.8) is 0 Å². The Morgan fingerprint density at radius 3 is 1.96 bits per heavy atom. The number of thioether (sulfide) groups is 2. The lowest BCUT2D eigenvalue weighted by Gasteiger charge is -2.11. The van der Waals surface area contributed by atoms with Gasteiger partial charge in [-0.2, -0.15) is 0 Å². The number of unbranched alkanes of at least 4 members (excludes halogenated alkanes) is 7. The van der Waals surface area contributed by atoms with Gasteiger partial charge in [0, 0.05) is 16.5 Å². The molecule has 0 aliphatic rings. The lowest BCUT2D eigenvalue weighted by Crippen LogP contribution is -2.17. The minimum absolute atomic E-state index is 0.00995. The van der Waals surface area contributed by atoms with Crippen molar-refractivity contribution in [3.05, 3.63) is 45.0 Å². The second-order valence-electron chi connectivity index (χ2n) is 6.54. The Balaban J connectivity index is 2.60. The Hall–Kier alpha value is -0.320. The SMILES string of the molecule is CCCCCCCCCC[S+](C)C(C(=O)c1ccccc1)=C(SC)SC. The van der Waals surface area contributed by atoms with Gasteiger partial charge in [-0.05, 0) is 25.4 Å². The van der Waals surface area contributed by atoms with Crippen molar-refractivity contribution in [3.8, 4) is 0 Å². The fraction of sp³-hybridized carbons (Fsp3) is 0.591. The van der Waals surface area contributed by atoms with Gasteiger partial charge in [-0.25, -0.2) is 0 Å². The number of hydrogen-bond acceptors (Lipinski definition) is 3. The molecule has 26 heavy (non-hydrogen) atoms. The van der Waals surface area contributed by atoms with Gasteiger partial charge in [0.05, 0.1) is 4.24 Å². The number of benzene rings is 1. The molecule has 0 radical (unpaired) electrons. The van der Waals surface area contributed by atoms with E-state index in [4.69, 9.17) is 0 Å². The molecule has 0 bridgehead atoms. The number of rotatable bonds is 14. The quantitative estimate of drug-likeness (QED) is 0.140. The highest BCUT2D eigenvalue weighted by Gasteiger charge is 2.31. The number of carbonyl (C=O) groups excluding carboxylic acids is 1. The number of Topliss-reactive ketones (excluding diaryl/α,β-unsaturated/α-hetero) is 1. The predicted molar refractivity (Wildman–Crippen MR) is 126 cm³/mol. The molecule has 1 aromatic carbocycles. The fourth-order valence-electron chi connectivity index (χ4n) is 2.94. The molecule has 1 rings (SSSR count). The lowest BCUT2D eigenvalue weighted by atomic mass is 10.1. The number of ketones is 1. The summed E-state index contributed by atoms with van der Waals surface area (Å²) in [6.07, 6.45) is 17.1. The third-order valence-electron chi connectivity index (χ3n) is 4.45. The van der Waals surface area contributed by atoms with Gasteiger partial charge in [-0.3, -0.25) is 4.79 Å². The molecule has 0 saturated heterocycles. The van der Waals surface area contributed by atoms with Crippen LogP contribution in [0.1, 0.15) is 68.6 Å². The average Bonchev–Trinajstić information content (AvgIpc) is 2.68. The van der Waals surface area contributed by atoms with E-state index in [-0.39, 0.29) is 16.7 Å². The van der Waals surface area contributed by atoms with Crippen molar-refractivity contribution in [2.45, 2.75) is 58.3 Å². The standard InChI is InChI=1S/C22H35OS3/c1-5-6-7-8-9-10-11-15-18-26(4)21(22(24-2)25-3)20(23)19-16-13-12-14-17-19/h12-14,16-17H,5-11,15,18H2,1-4H3/q+1. The molecule has 0 heterocycles. The molecular weight excluding hydrogens is 376 g/mol. The summed E-state index contributed by atoms with van der Waals surface area (Å²) in [5.74, 6) is 1.35. The summed E-state index contributed by atoms with van der Waals surface area (Å²) in [7, 11) is 0.00995. The summed E-state index contributed by atoms with van der Waals surface area (Å²) in [5, 5.41) is 0. The second-order valence-corrected chi connectivity index (χ2v) is 10.5. The lowest BCUT2D eigenvalue weighted by molar-refractivity contribution is 0.104. The Kier molecular flexibility index (Phi) is 13.4. The highest BCUT2D eigenvalue weighted by Crippen LogP contribution is 2.33. The van der Waals surface area contributed by atoms with Crippen molar-refractivity contribution in [1.82, 2.24) is 0 Å². The Morgan fingerprint density at radius 1 is 0.885 bits per heavy atom. The maximum Gasteiger partial charge on any atom is 0.242 e. The molecular formula is C22H35OS3+. The molecule has 1 unspecified atom stereocenters. The van der Waals surface area contributed by atoms with Crippen molar-refractivity contribution >= 4 is 40.2 Å². The van der Waals surface area contributed by atoms with E-state index in [0.717, 1.165) is 16.2 Å². The van der Waals surface area contributed by atoms with Crippen LogP contribution >= 0.6 is 23.5 Å². The molecule has 0 saturated carbocycles. The highest BCUT2D eigenvalue weighted by molar-refractivity contribution is 8.22. The Labute approximate surface area is 172 Å². The summed E-state index contributed by atoms with van der Waals surface area (Å²) in [6.45, 7) is 2.27. The van der Waals surface area contributed by atoms with E-state index in [1.54, 1.807) is 23.5 Å². The van der Waals surface area contributed by atoms with Crippen molar-refractivity contribution in [2.24, 2.45) is 0 Å². The van der Waals surface area contributed by atoms with Gasteiger partial charge in [-0.15, -0.1) is 23.5 Å². The zero-order chi connectivity index (χ0) is 19.2. The van der Waals surface area contributed by atoms with Crippen LogP contribution in [0.15, 0.2) is 39.5 Å². The topological polar surface area (TPSA) is 17.1 Å². The van der Waals surface area contributed by atoms with Gasteiger partial charge < -0.3 is 0 Å². The van der Waals surface area contributed by atoms with Gasteiger partial charge in [0.15, 0.2) is 0 Å². The van der Waals surface area contributed by atoms with Crippen LogP contribution in [0.4, 0.5) is 0 Å². The zero-order valence-corrected chi connectivity index (χ0v) is 19.3. The van der Waals surface area contributed by atoms with E-state index >= 15 is 0 Å². The second kappa shape index (κ2) is 14.7. The molecule has 0 N–H and O–H groups in total. The van der Waals surface area contributed by atoms with Gasteiger partial charge in [-0.1, -0.05) is 75.8 Å². The van der Waals surface area contributed by atoms with Crippen LogP contribution in [0.25, 0.3) is 0 Å². The van der Waals surface area contributed by atoms with Gasteiger partial charge in [0.2, 0.25) is 10.7 Å². The molecule has 0 aromatic heterocycles. The van der Waals surface area contributed by atoms with Crippen molar-refractivity contribution in [2.75, 3.05) is 24.5 Å². The Bertz CT molecular complexity index is 534. The molecule has 0 fully saturated rings. The van der Waals surface area contributed by atoms with Crippen LogP contribution in [0.5, 0.6) is 0 Å². The summed E-state index contributed by atoms with van der Waals surface area (Å²) in [6, 6.07) is 9.75. The maximum atomic E-state index is 13.1. The van der Waals surface area contributed by atoms with E-state index in [2.05, 4.69) is 25.7 Å². The van der Waals surface area contributed by atoms with Gasteiger partial charge in [0.1, 0.15) is 12.0 Å². The number of allylic oxidation sites excluding steroid dienone is 1. The first-order valence-electron chi connectivity index (χ1n) is 9.70. The average molecular weight is 412 g/mol. The molecule has 0 spiro atoms. The largest absolute Gasteiger partial charge is 0.284 e. The fourth-order valence-corrected chi connectivity index (χ4v) is 7.07. The third-order valence-corrected chi connectivity index (χ3v) is 8.85. The highest BCUT2D eigenvalue weighted by atomic mass is 32.2. The first kappa shape index (κ1) is 23.7. The van der Waals surface area contributed by atoms with Crippen LogP contribution in [0.3, 0.4) is 0 Å². The molecule has 146 valence electrons.